The largest absolute Gasteiger partial charge is 0.491 e. The summed E-state index contributed by atoms with van der Waals surface area (Å²) in [6.45, 7) is 8.75. The van der Waals surface area contributed by atoms with Gasteiger partial charge in [0.15, 0.2) is 0 Å². The maximum absolute atomic E-state index is 10.3. The molecular formula is C19H27NO3. The SMILES string of the molecule is Cc1ccc(CN(CC(C)C)CC(O)COc2ccccc2)o1. The van der Waals surface area contributed by atoms with Gasteiger partial charge in [-0.1, -0.05) is 32.0 Å². The van der Waals surface area contributed by atoms with Crippen LogP contribution in [0.25, 0.3) is 0 Å². The second kappa shape index (κ2) is 8.75. The predicted octanol–water partition coefficient (Wildman–Crippen LogP) is 3.49. The Bertz CT molecular complexity index is 565. The van der Waals surface area contributed by atoms with E-state index in [4.69, 9.17) is 9.15 Å². The van der Waals surface area contributed by atoms with Crippen LogP contribution in [0, 0.1) is 12.8 Å². The van der Waals surface area contributed by atoms with E-state index in [1.54, 1.807) is 0 Å². The third kappa shape index (κ3) is 6.47. The third-order valence-corrected chi connectivity index (χ3v) is 3.45. The van der Waals surface area contributed by atoms with Gasteiger partial charge in [-0.3, -0.25) is 4.90 Å². The molecule has 0 aliphatic heterocycles. The number of benzene rings is 1. The second-order valence-corrected chi connectivity index (χ2v) is 6.38. The lowest BCUT2D eigenvalue weighted by Crippen LogP contribution is -2.37. The number of rotatable bonds is 9. The zero-order valence-corrected chi connectivity index (χ0v) is 14.2. The summed E-state index contributed by atoms with van der Waals surface area (Å²) in [5.41, 5.74) is 0. The number of ether oxygens (including phenoxy) is 1. The van der Waals surface area contributed by atoms with E-state index in [-0.39, 0.29) is 6.61 Å². The predicted molar refractivity (Wildman–Crippen MR) is 91.5 cm³/mol. The van der Waals surface area contributed by atoms with Crippen molar-refractivity contribution in [3.05, 3.63) is 54.0 Å². The van der Waals surface area contributed by atoms with Gasteiger partial charge in [-0.25, -0.2) is 0 Å². The average Bonchev–Trinajstić information content (AvgIpc) is 2.90. The second-order valence-electron chi connectivity index (χ2n) is 6.38. The minimum Gasteiger partial charge on any atom is -0.491 e. The molecule has 0 saturated heterocycles. The Kier molecular flexibility index (Phi) is 6.68. The van der Waals surface area contributed by atoms with Gasteiger partial charge in [0.05, 0.1) is 6.54 Å². The number of hydrogen-bond donors (Lipinski definition) is 1. The first-order valence-corrected chi connectivity index (χ1v) is 8.16. The molecule has 0 spiro atoms. The summed E-state index contributed by atoms with van der Waals surface area (Å²) >= 11 is 0. The monoisotopic (exact) mass is 317 g/mol. The van der Waals surface area contributed by atoms with Crippen molar-refractivity contribution in [3.63, 3.8) is 0 Å². The van der Waals surface area contributed by atoms with E-state index in [9.17, 15) is 5.11 Å². The molecule has 1 N–H and O–H groups in total. The highest BCUT2D eigenvalue weighted by atomic mass is 16.5. The molecule has 1 aromatic heterocycles. The Labute approximate surface area is 138 Å². The number of hydrogen-bond acceptors (Lipinski definition) is 4. The van der Waals surface area contributed by atoms with Crippen LogP contribution < -0.4 is 4.74 Å². The summed E-state index contributed by atoms with van der Waals surface area (Å²) in [5, 5.41) is 10.3. The lowest BCUT2D eigenvalue weighted by atomic mass is 10.2. The minimum atomic E-state index is -0.537. The molecule has 2 rings (SSSR count). The van der Waals surface area contributed by atoms with Crippen molar-refractivity contribution in [2.24, 2.45) is 5.92 Å². The van der Waals surface area contributed by atoms with Crippen LogP contribution in [0.4, 0.5) is 0 Å². The fraction of sp³-hybridized carbons (Fsp3) is 0.474. The molecule has 0 bridgehead atoms. The zero-order chi connectivity index (χ0) is 16.7. The van der Waals surface area contributed by atoms with Crippen molar-refractivity contribution in [2.45, 2.75) is 33.4 Å². The number of nitrogens with zero attached hydrogens (tertiary/aromatic N) is 1. The van der Waals surface area contributed by atoms with Crippen molar-refractivity contribution in [2.75, 3.05) is 19.7 Å². The highest BCUT2D eigenvalue weighted by Crippen LogP contribution is 2.13. The summed E-state index contributed by atoms with van der Waals surface area (Å²) in [6.07, 6.45) is -0.537. The molecule has 1 aromatic carbocycles. The van der Waals surface area contributed by atoms with Crippen LogP contribution in [0.2, 0.25) is 0 Å². The van der Waals surface area contributed by atoms with E-state index in [1.165, 1.54) is 0 Å². The fourth-order valence-electron chi connectivity index (χ4n) is 2.57. The van der Waals surface area contributed by atoms with E-state index in [0.29, 0.717) is 19.0 Å². The molecule has 0 fully saturated rings. The van der Waals surface area contributed by atoms with Gasteiger partial charge in [-0.2, -0.15) is 0 Å². The normalized spacial score (nSPS) is 12.8. The van der Waals surface area contributed by atoms with Crippen LogP contribution in [0.3, 0.4) is 0 Å². The topological polar surface area (TPSA) is 45.8 Å². The van der Waals surface area contributed by atoms with E-state index < -0.39 is 6.10 Å². The highest BCUT2D eigenvalue weighted by Gasteiger charge is 2.15. The molecule has 1 unspecified atom stereocenters. The van der Waals surface area contributed by atoms with Crippen molar-refractivity contribution >= 4 is 0 Å². The van der Waals surface area contributed by atoms with E-state index >= 15 is 0 Å². The molecule has 0 aliphatic rings. The first-order chi connectivity index (χ1) is 11.0. The molecular weight excluding hydrogens is 290 g/mol. The smallest absolute Gasteiger partial charge is 0.119 e. The van der Waals surface area contributed by atoms with Crippen LogP contribution >= 0.6 is 0 Å². The van der Waals surface area contributed by atoms with Gasteiger partial charge in [-0.05, 0) is 37.1 Å². The number of furan rings is 1. The molecule has 4 heteroatoms. The number of aliphatic hydroxyl groups excluding tert-OH is 1. The van der Waals surface area contributed by atoms with Gasteiger partial charge in [0.2, 0.25) is 0 Å². The lowest BCUT2D eigenvalue weighted by Gasteiger charge is -2.26. The maximum Gasteiger partial charge on any atom is 0.119 e. The molecule has 2 aromatic rings. The van der Waals surface area contributed by atoms with Crippen LogP contribution in [-0.4, -0.2) is 35.8 Å². The Morgan fingerprint density at radius 2 is 1.83 bits per heavy atom. The minimum absolute atomic E-state index is 0.287. The van der Waals surface area contributed by atoms with Crippen molar-refractivity contribution in [1.82, 2.24) is 4.90 Å². The summed E-state index contributed by atoms with van der Waals surface area (Å²) < 4.78 is 11.3. The van der Waals surface area contributed by atoms with E-state index in [0.717, 1.165) is 23.8 Å². The maximum atomic E-state index is 10.3. The number of para-hydroxylation sites is 1. The van der Waals surface area contributed by atoms with Gasteiger partial charge in [0.25, 0.3) is 0 Å². The van der Waals surface area contributed by atoms with E-state index in [2.05, 4.69) is 18.7 Å². The summed E-state index contributed by atoms with van der Waals surface area (Å²) in [5.74, 6) is 3.15. The molecule has 0 aliphatic carbocycles. The average molecular weight is 317 g/mol. The molecule has 0 amide bonds. The Balaban J connectivity index is 1.85. The standard InChI is InChI=1S/C19H27NO3/c1-15(2)11-20(13-19-10-9-16(3)23-19)12-17(21)14-22-18-7-5-4-6-8-18/h4-10,15,17,21H,11-14H2,1-3H3. The van der Waals surface area contributed by atoms with Gasteiger partial charge in [-0.15, -0.1) is 0 Å². The molecule has 0 radical (unpaired) electrons. The molecule has 126 valence electrons. The van der Waals surface area contributed by atoms with Gasteiger partial charge < -0.3 is 14.3 Å². The molecule has 1 heterocycles. The molecule has 0 saturated carbocycles. The van der Waals surface area contributed by atoms with Crippen LogP contribution in [0.5, 0.6) is 5.75 Å². The van der Waals surface area contributed by atoms with Crippen molar-refractivity contribution < 1.29 is 14.3 Å². The summed E-state index contributed by atoms with van der Waals surface area (Å²) in [4.78, 5) is 2.21. The molecule has 4 nitrogen and oxygen atoms in total. The van der Waals surface area contributed by atoms with Crippen LogP contribution in [0.15, 0.2) is 46.9 Å². The summed E-state index contributed by atoms with van der Waals surface area (Å²) in [7, 11) is 0. The first kappa shape index (κ1) is 17.6. The first-order valence-electron chi connectivity index (χ1n) is 8.16. The Morgan fingerprint density at radius 3 is 2.43 bits per heavy atom. The zero-order valence-electron chi connectivity index (χ0n) is 14.2. The Morgan fingerprint density at radius 1 is 1.09 bits per heavy atom. The quantitative estimate of drug-likeness (QED) is 0.769. The van der Waals surface area contributed by atoms with Crippen molar-refractivity contribution in [3.8, 4) is 5.75 Å². The summed E-state index contributed by atoms with van der Waals surface area (Å²) in [6, 6.07) is 13.5. The molecule has 23 heavy (non-hydrogen) atoms. The lowest BCUT2D eigenvalue weighted by molar-refractivity contribution is 0.0590. The fourth-order valence-corrected chi connectivity index (χ4v) is 2.57. The Hall–Kier alpha value is -1.78. The van der Waals surface area contributed by atoms with Crippen LogP contribution in [0.1, 0.15) is 25.4 Å². The van der Waals surface area contributed by atoms with Gasteiger partial charge >= 0.3 is 0 Å². The van der Waals surface area contributed by atoms with Gasteiger partial charge in [0.1, 0.15) is 30.0 Å². The van der Waals surface area contributed by atoms with Gasteiger partial charge in [0, 0.05) is 13.1 Å². The highest BCUT2D eigenvalue weighted by molar-refractivity contribution is 5.20. The number of aliphatic hydroxyl groups is 1. The number of aryl methyl sites for hydroxylation is 1. The van der Waals surface area contributed by atoms with Crippen molar-refractivity contribution in [1.29, 1.82) is 0 Å². The van der Waals surface area contributed by atoms with E-state index in [1.807, 2.05) is 49.4 Å². The molecule has 1 atom stereocenters. The van der Waals surface area contributed by atoms with Crippen LogP contribution in [-0.2, 0) is 6.54 Å². The third-order valence-electron chi connectivity index (χ3n) is 3.45.